The first kappa shape index (κ1) is 14.7. The number of halogens is 5. The highest BCUT2D eigenvalue weighted by Gasteiger charge is 2.29. The molecular formula is C12H11F5N2O. The number of hydrogen-bond donors (Lipinski definition) is 2. The van der Waals surface area contributed by atoms with Gasteiger partial charge in [0, 0.05) is 0 Å². The Morgan fingerprint density at radius 1 is 0.950 bits per heavy atom. The molecule has 0 spiro atoms. The molecule has 0 aliphatic carbocycles. The first-order valence-corrected chi connectivity index (χ1v) is 5.99. The third kappa shape index (κ3) is 2.60. The molecule has 1 fully saturated rings. The van der Waals surface area contributed by atoms with Gasteiger partial charge in [0.05, 0.1) is 6.04 Å². The lowest BCUT2D eigenvalue weighted by atomic mass is 10.0. The fourth-order valence-electron chi connectivity index (χ4n) is 2.00. The Morgan fingerprint density at radius 3 is 2.00 bits per heavy atom. The van der Waals surface area contributed by atoms with Crippen LogP contribution in [-0.4, -0.2) is 18.5 Å². The fraction of sp³-hybridized carbons (Fsp3) is 0.417. The van der Waals surface area contributed by atoms with E-state index in [0.717, 1.165) is 12.8 Å². The highest BCUT2D eigenvalue weighted by molar-refractivity contribution is 5.95. The number of nitrogens with one attached hydrogen (secondary N) is 2. The van der Waals surface area contributed by atoms with Gasteiger partial charge in [0.2, 0.25) is 11.7 Å². The lowest BCUT2D eigenvalue weighted by Crippen LogP contribution is -2.43. The molecule has 2 N–H and O–H groups in total. The Hall–Kier alpha value is -1.70. The fourth-order valence-corrected chi connectivity index (χ4v) is 2.00. The van der Waals surface area contributed by atoms with Crippen molar-refractivity contribution < 1.29 is 26.7 Å². The van der Waals surface area contributed by atoms with Gasteiger partial charge in [-0.05, 0) is 19.4 Å². The van der Waals surface area contributed by atoms with Crippen molar-refractivity contribution in [3.63, 3.8) is 0 Å². The maximum absolute atomic E-state index is 13.4. The molecule has 1 saturated heterocycles. The molecule has 0 radical (unpaired) electrons. The molecular weight excluding hydrogens is 283 g/mol. The van der Waals surface area contributed by atoms with Gasteiger partial charge < -0.3 is 10.6 Å². The van der Waals surface area contributed by atoms with Crippen molar-refractivity contribution in [2.24, 2.45) is 0 Å². The Labute approximate surface area is 111 Å². The molecule has 20 heavy (non-hydrogen) atoms. The van der Waals surface area contributed by atoms with Crippen LogP contribution in [0, 0.1) is 29.1 Å². The monoisotopic (exact) mass is 294 g/mol. The zero-order chi connectivity index (χ0) is 14.9. The number of piperidine rings is 1. The molecule has 0 unspecified atom stereocenters. The summed E-state index contributed by atoms with van der Waals surface area (Å²) < 4.78 is 65.5. The van der Waals surface area contributed by atoms with Crippen molar-refractivity contribution in [2.75, 3.05) is 11.9 Å². The number of amides is 1. The van der Waals surface area contributed by atoms with Crippen LogP contribution in [0.2, 0.25) is 0 Å². The van der Waals surface area contributed by atoms with Crippen LogP contribution in [0.5, 0.6) is 0 Å². The normalized spacial score (nSPS) is 18.9. The molecule has 1 aliphatic heterocycles. The van der Waals surface area contributed by atoms with Gasteiger partial charge in [0.1, 0.15) is 5.69 Å². The van der Waals surface area contributed by atoms with Crippen LogP contribution in [0.4, 0.5) is 27.6 Å². The van der Waals surface area contributed by atoms with Crippen molar-refractivity contribution in [3.05, 3.63) is 29.1 Å². The van der Waals surface area contributed by atoms with Crippen molar-refractivity contribution in [3.8, 4) is 0 Å². The number of hydrogen-bond acceptors (Lipinski definition) is 2. The van der Waals surface area contributed by atoms with Gasteiger partial charge in [-0.2, -0.15) is 0 Å². The van der Waals surface area contributed by atoms with Crippen molar-refractivity contribution >= 4 is 11.6 Å². The van der Waals surface area contributed by atoms with E-state index in [1.165, 1.54) is 0 Å². The SMILES string of the molecule is O=C(Nc1c(F)c(F)c(F)c(F)c1F)[C@H]1CCCCN1. The molecule has 110 valence electrons. The van der Waals surface area contributed by atoms with Crippen LogP contribution in [0.25, 0.3) is 0 Å². The molecule has 0 bridgehead atoms. The predicted octanol–water partition coefficient (Wildman–Crippen LogP) is 2.46. The van der Waals surface area contributed by atoms with Gasteiger partial charge in [-0.1, -0.05) is 6.42 Å². The van der Waals surface area contributed by atoms with E-state index < -0.39 is 46.7 Å². The zero-order valence-corrected chi connectivity index (χ0v) is 10.2. The second-order valence-corrected chi connectivity index (χ2v) is 4.44. The third-order valence-corrected chi connectivity index (χ3v) is 3.08. The lowest BCUT2D eigenvalue weighted by Gasteiger charge is -2.22. The van der Waals surface area contributed by atoms with E-state index in [2.05, 4.69) is 5.32 Å². The number of rotatable bonds is 2. The topological polar surface area (TPSA) is 41.1 Å². The molecule has 1 aliphatic rings. The quantitative estimate of drug-likeness (QED) is 0.500. The third-order valence-electron chi connectivity index (χ3n) is 3.08. The summed E-state index contributed by atoms with van der Waals surface area (Å²) in [5, 5.41) is 4.56. The van der Waals surface area contributed by atoms with E-state index in [-0.39, 0.29) is 0 Å². The molecule has 3 nitrogen and oxygen atoms in total. The summed E-state index contributed by atoms with van der Waals surface area (Å²) in [6.07, 6.45) is 2.02. The minimum atomic E-state index is -2.26. The Balaban J connectivity index is 2.27. The summed E-state index contributed by atoms with van der Waals surface area (Å²) in [4.78, 5) is 11.7. The van der Waals surface area contributed by atoms with E-state index in [1.807, 2.05) is 0 Å². The Morgan fingerprint density at radius 2 is 1.50 bits per heavy atom. The largest absolute Gasteiger partial charge is 0.320 e. The smallest absolute Gasteiger partial charge is 0.241 e. The molecule has 1 heterocycles. The molecule has 8 heteroatoms. The number of anilines is 1. The lowest BCUT2D eigenvalue weighted by molar-refractivity contribution is -0.118. The van der Waals surface area contributed by atoms with Gasteiger partial charge in [0.15, 0.2) is 23.3 Å². The highest BCUT2D eigenvalue weighted by Crippen LogP contribution is 2.27. The molecule has 0 saturated carbocycles. The molecule has 1 amide bonds. The summed E-state index contributed by atoms with van der Waals surface area (Å²) in [7, 11) is 0. The van der Waals surface area contributed by atoms with E-state index >= 15 is 0 Å². The molecule has 1 aromatic rings. The van der Waals surface area contributed by atoms with E-state index in [0.29, 0.717) is 13.0 Å². The zero-order valence-electron chi connectivity index (χ0n) is 10.2. The molecule has 0 aromatic heterocycles. The van der Waals surface area contributed by atoms with Crippen LogP contribution in [0.3, 0.4) is 0 Å². The summed E-state index contributed by atoms with van der Waals surface area (Å²) in [5.41, 5.74) is -1.32. The van der Waals surface area contributed by atoms with Gasteiger partial charge in [-0.3, -0.25) is 4.79 Å². The van der Waals surface area contributed by atoms with Crippen LogP contribution in [-0.2, 0) is 4.79 Å². The minimum absolute atomic E-state index is 0.432. The Bertz CT molecular complexity index is 514. The minimum Gasteiger partial charge on any atom is -0.320 e. The predicted molar refractivity (Wildman–Crippen MR) is 60.5 cm³/mol. The van der Waals surface area contributed by atoms with Crippen molar-refractivity contribution in [2.45, 2.75) is 25.3 Å². The second-order valence-electron chi connectivity index (χ2n) is 4.44. The second kappa shape index (κ2) is 5.74. The van der Waals surface area contributed by atoms with E-state index in [1.54, 1.807) is 5.32 Å². The Kier molecular flexibility index (Phi) is 4.22. The number of carbonyl (C=O) groups is 1. The van der Waals surface area contributed by atoms with Gasteiger partial charge in [-0.25, -0.2) is 22.0 Å². The molecule has 2 rings (SSSR count). The molecule has 1 atom stereocenters. The summed E-state index contributed by atoms with van der Waals surface area (Å²) in [5.74, 6) is -11.4. The summed E-state index contributed by atoms with van der Waals surface area (Å²) in [6, 6.07) is -0.710. The first-order chi connectivity index (χ1) is 9.43. The maximum atomic E-state index is 13.4. The average molecular weight is 294 g/mol. The van der Waals surface area contributed by atoms with E-state index in [4.69, 9.17) is 0 Å². The highest BCUT2D eigenvalue weighted by atomic mass is 19.2. The number of benzene rings is 1. The van der Waals surface area contributed by atoms with Crippen LogP contribution >= 0.6 is 0 Å². The standard InChI is InChI=1S/C12H11F5N2O/c13-6-7(14)9(16)11(10(17)8(6)15)19-12(20)5-3-1-2-4-18-5/h5,18H,1-4H2,(H,19,20)/t5-/m1/s1. The average Bonchev–Trinajstić information content (AvgIpc) is 2.48. The molecule has 1 aromatic carbocycles. The summed E-state index contributed by atoms with van der Waals surface area (Å²) >= 11 is 0. The van der Waals surface area contributed by atoms with Crippen LogP contribution in [0.1, 0.15) is 19.3 Å². The van der Waals surface area contributed by atoms with Gasteiger partial charge in [-0.15, -0.1) is 0 Å². The van der Waals surface area contributed by atoms with Gasteiger partial charge >= 0.3 is 0 Å². The van der Waals surface area contributed by atoms with Crippen LogP contribution < -0.4 is 10.6 Å². The van der Waals surface area contributed by atoms with Crippen LogP contribution in [0.15, 0.2) is 0 Å². The van der Waals surface area contributed by atoms with E-state index in [9.17, 15) is 26.7 Å². The maximum Gasteiger partial charge on any atom is 0.241 e. The van der Waals surface area contributed by atoms with Crippen molar-refractivity contribution in [1.82, 2.24) is 5.32 Å². The number of carbonyl (C=O) groups excluding carboxylic acids is 1. The first-order valence-electron chi connectivity index (χ1n) is 5.99. The summed E-state index contributed by atoms with van der Waals surface area (Å²) in [6.45, 7) is 0.551. The van der Waals surface area contributed by atoms with Gasteiger partial charge in [0.25, 0.3) is 0 Å². The van der Waals surface area contributed by atoms with Crippen molar-refractivity contribution in [1.29, 1.82) is 0 Å².